The van der Waals surface area contributed by atoms with E-state index in [0.717, 1.165) is 28.4 Å². The molecule has 3 fully saturated rings. The molecule has 2 aromatic rings. The number of benzene rings is 2. The van der Waals surface area contributed by atoms with Gasteiger partial charge in [-0.25, -0.2) is 4.90 Å². The number of rotatable bonds is 4. The number of hydrogen-bond acceptors (Lipinski definition) is 6. The number of methoxy groups -OCH3 is 2. The lowest BCUT2D eigenvalue weighted by Crippen LogP contribution is -2.39. The normalized spacial score (nSPS) is 36.5. The second-order valence-corrected chi connectivity index (χ2v) is 8.97. The molecule has 0 aliphatic carbocycles. The van der Waals surface area contributed by atoms with Gasteiger partial charge in [0.15, 0.2) is 0 Å². The smallest absolute Gasteiger partial charge is 0.148 e. The molecule has 0 unspecified atom stereocenters. The SMILES string of the molecule is COc1cccc([C@@]2(C)O[C@@H]3CS[C@H]4N3[C@@H]2O[C@]4(C)c2cccc(OC)c2)c1. The van der Waals surface area contributed by atoms with E-state index in [1.165, 1.54) is 0 Å². The monoisotopic (exact) mass is 399 g/mol. The van der Waals surface area contributed by atoms with Crippen molar-refractivity contribution in [1.29, 1.82) is 0 Å². The Hall–Kier alpha value is -1.73. The quantitative estimate of drug-likeness (QED) is 0.776. The number of nitrogens with zero attached hydrogens (tertiary/aromatic N) is 1. The van der Waals surface area contributed by atoms with Crippen LogP contribution in [0.5, 0.6) is 11.5 Å². The fourth-order valence-corrected chi connectivity index (χ4v) is 6.20. The largest absolute Gasteiger partial charge is 0.497 e. The van der Waals surface area contributed by atoms with Gasteiger partial charge in [-0.3, -0.25) is 0 Å². The van der Waals surface area contributed by atoms with Gasteiger partial charge in [-0.05, 0) is 49.2 Å². The van der Waals surface area contributed by atoms with Crippen molar-refractivity contribution in [2.75, 3.05) is 20.0 Å². The van der Waals surface area contributed by atoms with E-state index in [1.54, 1.807) is 14.2 Å². The summed E-state index contributed by atoms with van der Waals surface area (Å²) in [5.74, 6) is 2.61. The first kappa shape index (κ1) is 18.3. The molecule has 2 aromatic carbocycles. The van der Waals surface area contributed by atoms with Crippen LogP contribution < -0.4 is 9.47 Å². The van der Waals surface area contributed by atoms with Crippen LogP contribution in [-0.4, -0.2) is 42.7 Å². The van der Waals surface area contributed by atoms with Crippen molar-refractivity contribution in [3.05, 3.63) is 59.7 Å². The molecular formula is C22H25NO4S. The molecular weight excluding hydrogens is 374 g/mol. The highest BCUT2D eigenvalue weighted by molar-refractivity contribution is 8.00. The lowest BCUT2D eigenvalue weighted by atomic mass is 9.94. The Balaban J connectivity index is 1.56. The van der Waals surface area contributed by atoms with Crippen LogP contribution in [0.2, 0.25) is 0 Å². The summed E-state index contributed by atoms with van der Waals surface area (Å²) in [6, 6.07) is 16.3. The van der Waals surface area contributed by atoms with Crippen molar-refractivity contribution in [1.82, 2.24) is 4.90 Å². The van der Waals surface area contributed by atoms with E-state index in [2.05, 4.69) is 43.0 Å². The van der Waals surface area contributed by atoms with Crippen molar-refractivity contribution in [2.45, 2.75) is 42.9 Å². The zero-order chi connectivity index (χ0) is 19.5. The molecule has 6 heteroatoms. The van der Waals surface area contributed by atoms with Gasteiger partial charge in [0.2, 0.25) is 0 Å². The highest BCUT2D eigenvalue weighted by atomic mass is 32.2. The van der Waals surface area contributed by atoms with Gasteiger partial charge < -0.3 is 18.9 Å². The van der Waals surface area contributed by atoms with Crippen LogP contribution in [-0.2, 0) is 20.7 Å². The van der Waals surface area contributed by atoms with Gasteiger partial charge in [0, 0.05) is 5.75 Å². The van der Waals surface area contributed by atoms with Gasteiger partial charge in [0.05, 0.1) is 19.6 Å². The molecule has 0 radical (unpaired) electrons. The Bertz CT molecular complexity index is 860. The van der Waals surface area contributed by atoms with Crippen LogP contribution >= 0.6 is 11.8 Å². The molecule has 0 aromatic heterocycles. The molecule has 3 heterocycles. The fraction of sp³-hybridized carbons (Fsp3) is 0.455. The standard InChI is InChI=1S/C22H25NO4S/c1-21(14-7-5-9-16(11-14)24-3)19-23-18(26-21)13-28-20(23)22(2,27-19)15-8-6-10-17(12-15)25-4/h5-12,18-20H,13H2,1-4H3/t18-,19-,20-,21-,22-/m1/s1. The van der Waals surface area contributed by atoms with E-state index in [4.69, 9.17) is 18.9 Å². The third-order valence-corrected chi connectivity index (χ3v) is 7.72. The minimum Gasteiger partial charge on any atom is -0.497 e. The van der Waals surface area contributed by atoms with Crippen molar-refractivity contribution in [2.24, 2.45) is 0 Å². The fourth-order valence-electron chi connectivity index (χ4n) is 4.68. The summed E-state index contributed by atoms with van der Waals surface area (Å²) in [5, 5.41) is 0.196. The van der Waals surface area contributed by atoms with E-state index in [9.17, 15) is 0 Å². The first-order valence-corrected chi connectivity index (χ1v) is 10.6. The highest BCUT2D eigenvalue weighted by Gasteiger charge is 2.67. The topological polar surface area (TPSA) is 40.2 Å². The molecule has 5 atom stereocenters. The summed E-state index contributed by atoms with van der Waals surface area (Å²) >= 11 is 1.91. The molecule has 3 aliphatic rings. The minimum atomic E-state index is -0.560. The number of hydrogen-bond donors (Lipinski definition) is 0. The van der Waals surface area contributed by atoms with Crippen LogP contribution in [0.3, 0.4) is 0 Å². The van der Waals surface area contributed by atoms with Gasteiger partial charge in [-0.1, -0.05) is 24.3 Å². The maximum absolute atomic E-state index is 6.82. The molecule has 0 spiro atoms. The number of thioether (sulfide) groups is 1. The molecule has 3 saturated heterocycles. The average molecular weight is 400 g/mol. The summed E-state index contributed by atoms with van der Waals surface area (Å²) in [7, 11) is 3.39. The minimum absolute atomic E-state index is 0.0450. The molecule has 3 aliphatic heterocycles. The van der Waals surface area contributed by atoms with E-state index in [1.807, 2.05) is 36.0 Å². The van der Waals surface area contributed by atoms with Crippen LogP contribution in [0.25, 0.3) is 0 Å². The molecule has 0 amide bonds. The van der Waals surface area contributed by atoms with Crippen molar-refractivity contribution < 1.29 is 18.9 Å². The Morgan fingerprint density at radius 3 is 2.14 bits per heavy atom. The highest BCUT2D eigenvalue weighted by Crippen LogP contribution is 2.59. The summed E-state index contributed by atoms with van der Waals surface area (Å²) in [6.07, 6.45) is -0.121. The molecule has 0 N–H and O–H groups in total. The molecule has 0 bridgehead atoms. The summed E-state index contributed by atoms with van der Waals surface area (Å²) < 4.78 is 24.3. The van der Waals surface area contributed by atoms with Crippen LogP contribution in [0, 0.1) is 0 Å². The zero-order valence-electron chi connectivity index (χ0n) is 16.5. The molecule has 0 saturated carbocycles. The third-order valence-electron chi connectivity index (χ3n) is 6.24. The first-order valence-electron chi connectivity index (χ1n) is 9.53. The van der Waals surface area contributed by atoms with Crippen molar-refractivity contribution >= 4 is 11.8 Å². The first-order chi connectivity index (χ1) is 13.5. The maximum Gasteiger partial charge on any atom is 0.148 e. The van der Waals surface area contributed by atoms with E-state index >= 15 is 0 Å². The molecule has 148 valence electrons. The predicted octanol–water partition coefficient (Wildman–Crippen LogP) is 3.92. The Morgan fingerprint density at radius 2 is 1.54 bits per heavy atom. The van der Waals surface area contributed by atoms with Crippen LogP contribution in [0.15, 0.2) is 48.5 Å². The average Bonchev–Trinajstić information content (AvgIpc) is 3.36. The second kappa shape index (κ2) is 6.39. The molecule has 5 nitrogen and oxygen atoms in total. The number of ether oxygens (including phenoxy) is 4. The Labute approximate surface area is 169 Å². The van der Waals surface area contributed by atoms with Gasteiger partial charge in [0.1, 0.15) is 35.2 Å². The third kappa shape index (κ3) is 2.45. The zero-order valence-corrected chi connectivity index (χ0v) is 17.4. The Morgan fingerprint density at radius 1 is 0.929 bits per heavy atom. The van der Waals surface area contributed by atoms with Crippen LogP contribution in [0.4, 0.5) is 0 Å². The van der Waals surface area contributed by atoms with Gasteiger partial charge in [-0.2, -0.15) is 0 Å². The Kier molecular flexibility index (Phi) is 4.18. The van der Waals surface area contributed by atoms with Crippen molar-refractivity contribution in [3.63, 3.8) is 0 Å². The molecule has 28 heavy (non-hydrogen) atoms. The van der Waals surface area contributed by atoms with Crippen molar-refractivity contribution in [3.8, 4) is 11.5 Å². The lowest BCUT2D eigenvalue weighted by molar-refractivity contribution is -0.133. The predicted molar refractivity (Wildman–Crippen MR) is 109 cm³/mol. The van der Waals surface area contributed by atoms with Gasteiger partial charge >= 0.3 is 0 Å². The summed E-state index contributed by atoms with van der Waals surface area (Å²) in [6.45, 7) is 4.32. The van der Waals surface area contributed by atoms with E-state index < -0.39 is 11.2 Å². The van der Waals surface area contributed by atoms with Gasteiger partial charge in [0.25, 0.3) is 0 Å². The van der Waals surface area contributed by atoms with E-state index in [-0.39, 0.29) is 17.8 Å². The summed E-state index contributed by atoms with van der Waals surface area (Å²) in [5.41, 5.74) is 1.20. The van der Waals surface area contributed by atoms with Crippen LogP contribution in [0.1, 0.15) is 25.0 Å². The van der Waals surface area contributed by atoms with Gasteiger partial charge in [-0.15, -0.1) is 11.8 Å². The van der Waals surface area contributed by atoms with E-state index in [0.29, 0.717) is 0 Å². The maximum atomic E-state index is 6.82. The lowest BCUT2D eigenvalue weighted by Gasteiger charge is -2.33. The second-order valence-electron chi connectivity index (χ2n) is 7.85. The summed E-state index contributed by atoms with van der Waals surface area (Å²) in [4.78, 5) is 2.41. The molecule has 5 rings (SSSR count).